The Morgan fingerprint density at radius 2 is 1.63 bits per heavy atom. The van der Waals surface area contributed by atoms with Gasteiger partial charge in [0, 0.05) is 24.7 Å². The summed E-state index contributed by atoms with van der Waals surface area (Å²) in [5.74, 6) is 0.476. The van der Waals surface area contributed by atoms with Gasteiger partial charge < -0.3 is 18.3 Å². The molecule has 0 amide bonds. The van der Waals surface area contributed by atoms with E-state index in [0.717, 1.165) is 5.75 Å². The summed E-state index contributed by atoms with van der Waals surface area (Å²) in [7, 11) is -2.85. The van der Waals surface area contributed by atoms with Crippen molar-refractivity contribution in [1.29, 1.82) is 0 Å². The predicted molar refractivity (Wildman–Crippen MR) is 180 cm³/mol. The van der Waals surface area contributed by atoms with Crippen LogP contribution in [0.3, 0.4) is 0 Å². The number of esters is 1. The van der Waals surface area contributed by atoms with Crippen molar-refractivity contribution in [2.75, 3.05) is 13.7 Å². The highest BCUT2D eigenvalue weighted by Crippen LogP contribution is 2.43. The molecule has 0 radical (unpaired) electrons. The minimum Gasteiger partial charge on any atom is -0.491 e. The van der Waals surface area contributed by atoms with E-state index < -0.39 is 16.6 Å². The second-order valence-corrected chi connectivity index (χ2v) is 24.1. The van der Waals surface area contributed by atoms with E-state index in [1.54, 1.807) is 0 Å². The van der Waals surface area contributed by atoms with Gasteiger partial charge >= 0.3 is 5.97 Å². The van der Waals surface area contributed by atoms with Crippen LogP contribution in [0, 0.1) is 11.8 Å². The van der Waals surface area contributed by atoms with Gasteiger partial charge in [0.2, 0.25) is 0 Å². The summed E-state index contributed by atoms with van der Waals surface area (Å²) >= 11 is 0. The molecule has 0 unspecified atom stereocenters. The lowest BCUT2D eigenvalue weighted by molar-refractivity contribution is -0.140. The fourth-order valence-corrected chi connectivity index (χ4v) is 7.07. The molecule has 1 aliphatic carbocycles. The quantitative estimate of drug-likeness (QED) is 0.0889. The van der Waals surface area contributed by atoms with Crippen molar-refractivity contribution < 1.29 is 27.9 Å². The molecule has 4 atom stereocenters. The SMILES string of the molecule is COC(=O)CCC=C=CC[C@H]1C(=O)C[C@@H](O[Si](C)(C)C(C)(C)C)[C@@H]1/C=C/[C@H](COc1ccccc1)O[Si](C)(C)C(C)(C)C. The number of methoxy groups -OCH3 is 1. The Bertz CT molecular complexity index is 1140. The minimum absolute atomic E-state index is 0.0299. The van der Waals surface area contributed by atoms with E-state index in [0.29, 0.717) is 32.3 Å². The first-order valence-electron chi connectivity index (χ1n) is 15.6. The first-order valence-corrected chi connectivity index (χ1v) is 21.4. The number of ether oxygens (including phenoxy) is 2. The third kappa shape index (κ3) is 11.3. The number of carbonyl (C=O) groups is 2. The molecule has 0 spiro atoms. The van der Waals surface area contributed by atoms with Crippen molar-refractivity contribution in [2.45, 2.75) is 116 Å². The summed E-state index contributed by atoms with van der Waals surface area (Å²) in [6.45, 7) is 22.7. The van der Waals surface area contributed by atoms with Crippen LogP contribution in [0.4, 0.5) is 0 Å². The fourth-order valence-electron chi connectivity index (χ4n) is 4.47. The summed E-state index contributed by atoms with van der Waals surface area (Å²) < 4.78 is 24.6. The lowest BCUT2D eigenvalue weighted by atomic mass is 9.90. The molecular formula is C35H56O6Si2. The zero-order valence-corrected chi connectivity index (χ0v) is 30.5. The van der Waals surface area contributed by atoms with Crippen LogP contribution in [0.15, 0.2) is 60.4 Å². The fraction of sp³-hybridized carbons (Fsp3) is 0.629. The maximum absolute atomic E-state index is 13.4. The largest absolute Gasteiger partial charge is 0.491 e. The number of hydrogen-bond acceptors (Lipinski definition) is 6. The van der Waals surface area contributed by atoms with Gasteiger partial charge in [-0.3, -0.25) is 9.59 Å². The van der Waals surface area contributed by atoms with Gasteiger partial charge in [0.15, 0.2) is 16.6 Å². The van der Waals surface area contributed by atoms with Crippen LogP contribution < -0.4 is 4.74 Å². The average molecular weight is 629 g/mol. The molecular weight excluding hydrogens is 573 g/mol. The summed E-state index contributed by atoms with van der Waals surface area (Å²) in [4.78, 5) is 24.8. The van der Waals surface area contributed by atoms with Gasteiger partial charge in [-0.05, 0) is 73.4 Å². The standard InChI is InChI=1S/C35H56O6Si2/c1-34(2,3)42(8,9)40-28(26-39-27-19-15-14-16-20-27)23-24-30-29(21-17-12-13-18-22-33(37)38-7)31(36)25-32(30)41-43(10,11)35(4,5)6/h13-17,19-20,23-24,28-30,32H,18,21-22,25-26H2,1-11H3/b24-23+/t12?,28-,29-,30-,32-/m1/s1. The van der Waals surface area contributed by atoms with E-state index in [2.05, 4.69) is 85.6 Å². The molecule has 0 saturated heterocycles. The summed E-state index contributed by atoms with van der Waals surface area (Å²) in [6.07, 6.45) is 9.39. The van der Waals surface area contributed by atoms with Crippen molar-refractivity contribution in [2.24, 2.45) is 11.8 Å². The van der Waals surface area contributed by atoms with Crippen molar-refractivity contribution in [3.8, 4) is 5.75 Å². The molecule has 0 bridgehead atoms. The maximum Gasteiger partial charge on any atom is 0.305 e. The number of benzene rings is 1. The highest BCUT2D eigenvalue weighted by Gasteiger charge is 2.47. The molecule has 2 rings (SSSR count). The average Bonchev–Trinajstić information content (AvgIpc) is 3.19. The van der Waals surface area contributed by atoms with Crippen molar-refractivity contribution in [3.05, 3.63) is 60.4 Å². The smallest absolute Gasteiger partial charge is 0.305 e. The molecule has 0 N–H and O–H groups in total. The van der Waals surface area contributed by atoms with Gasteiger partial charge in [0.25, 0.3) is 0 Å². The Hall–Kier alpha value is -2.23. The molecule has 240 valence electrons. The molecule has 43 heavy (non-hydrogen) atoms. The molecule has 6 nitrogen and oxygen atoms in total. The molecule has 1 aliphatic rings. The molecule has 8 heteroatoms. The molecule has 1 fully saturated rings. The van der Waals surface area contributed by atoms with E-state index in [9.17, 15) is 9.59 Å². The molecule has 0 heterocycles. The van der Waals surface area contributed by atoms with Gasteiger partial charge in [0.1, 0.15) is 18.1 Å². The second-order valence-electron chi connectivity index (χ2n) is 14.6. The highest BCUT2D eigenvalue weighted by molar-refractivity contribution is 6.74. The Kier molecular flexibility index (Phi) is 13.5. The molecule has 1 aromatic rings. The van der Waals surface area contributed by atoms with Crippen LogP contribution in [-0.2, 0) is 23.2 Å². The van der Waals surface area contributed by atoms with Gasteiger partial charge in [0.05, 0.1) is 19.3 Å². The number of hydrogen-bond donors (Lipinski definition) is 0. The van der Waals surface area contributed by atoms with Crippen molar-refractivity contribution >= 4 is 28.4 Å². The lowest BCUT2D eigenvalue weighted by Crippen LogP contribution is -2.45. The summed E-state index contributed by atoms with van der Waals surface area (Å²) in [6, 6.07) is 9.80. The van der Waals surface area contributed by atoms with Crippen molar-refractivity contribution in [1.82, 2.24) is 0 Å². The topological polar surface area (TPSA) is 71.1 Å². The maximum atomic E-state index is 13.4. The zero-order chi connectivity index (χ0) is 32.5. The Labute approximate surface area is 263 Å². The second kappa shape index (κ2) is 15.7. The number of para-hydroxylation sites is 1. The Balaban J connectivity index is 2.37. The van der Waals surface area contributed by atoms with Crippen LogP contribution in [0.2, 0.25) is 36.3 Å². The van der Waals surface area contributed by atoms with Gasteiger partial charge in [-0.25, -0.2) is 0 Å². The van der Waals surface area contributed by atoms with Crippen LogP contribution in [-0.4, -0.2) is 54.3 Å². The molecule has 0 aliphatic heterocycles. The van der Waals surface area contributed by atoms with Crippen LogP contribution >= 0.6 is 0 Å². The third-order valence-electron chi connectivity index (χ3n) is 9.25. The predicted octanol–water partition coefficient (Wildman–Crippen LogP) is 8.66. The first-order chi connectivity index (χ1) is 19.9. The van der Waals surface area contributed by atoms with Crippen molar-refractivity contribution in [3.63, 3.8) is 0 Å². The van der Waals surface area contributed by atoms with Gasteiger partial charge in [-0.1, -0.05) is 71.9 Å². The van der Waals surface area contributed by atoms with Gasteiger partial charge in [-0.15, -0.1) is 5.73 Å². The number of ketones is 1. The van der Waals surface area contributed by atoms with E-state index >= 15 is 0 Å². The molecule has 1 saturated carbocycles. The number of Topliss-reactive ketones (excluding diaryl/α,β-unsaturated/α-hetero) is 1. The molecule has 1 aromatic carbocycles. The van der Waals surface area contributed by atoms with E-state index in [4.69, 9.17) is 18.3 Å². The summed E-state index contributed by atoms with van der Waals surface area (Å²) in [5.41, 5.74) is 3.17. The Morgan fingerprint density at radius 3 is 2.21 bits per heavy atom. The number of carbonyl (C=O) groups excluding carboxylic acids is 2. The van der Waals surface area contributed by atoms with Crippen LogP contribution in [0.1, 0.15) is 67.2 Å². The van der Waals surface area contributed by atoms with Gasteiger partial charge in [-0.2, -0.15) is 0 Å². The first kappa shape index (κ1) is 37.0. The third-order valence-corrected chi connectivity index (χ3v) is 18.3. The Morgan fingerprint density at radius 1 is 1.00 bits per heavy atom. The van der Waals surface area contributed by atoms with E-state index in [-0.39, 0.29) is 45.9 Å². The lowest BCUT2D eigenvalue weighted by Gasteiger charge is -2.40. The van der Waals surface area contributed by atoms with E-state index in [1.165, 1.54) is 7.11 Å². The summed E-state index contributed by atoms with van der Waals surface area (Å²) in [5, 5.41) is 0.0683. The van der Waals surface area contributed by atoms with Crippen LogP contribution in [0.5, 0.6) is 5.75 Å². The monoisotopic (exact) mass is 628 g/mol. The normalized spacial score (nSPS) is 20.5. The highest BCUT2D eigenvalue weighted by atomic mass is 28.4. The zero-order valence-electron chi connectivity index (χ0n) is 28.5. The van der Waals surface area contributed by atoms with E-state index in [1.807, 2.05) is 42.5 Å². The minimum atomic E-state index is -2.12. The number of rotatable bonds is 14. The number of allylic oxidation sites excluding steroid dienone is 1. The molecule has 0 aromatic heterocycles. The van der Waals surface area contributed by atoms with Crippen LogP contribution in [0.25, 0.3) is 0 Å².